The van der Waals surface area contributed by atoms with Crippen molar-refractivity contribution in [2.45, 2.75) is 55.6 Å². The Hall–Kier alpha value is -2.00. The average Bonchev–Trinajstić information content (AvgIpc) is 2.67. The smallest absolute Gasteiger partial charge is 0.338 e. The van der Waals surface area contributed by atoms with Crippen LogP contribution in [0, 0.1) is 11.3 Å². The third-order valence-corrected chi connectivity index (χ3v) is 5.56. The standard InChI is InChI=1S/C19H24N2O3S/c1-14(24-18(23)15-7-9-16(25-3)10-8-15)17(22)21(2)19(13-20)11-5-4-6-12-19/h7-10,14H,4-6,11-12H2,1-3H3/t14-/m0/s1. The van der Waals surface area contributed by atoms with Gasteiger partial charge in [-0.05, 0) is 50.3 Å². The Bertz CT molecular complexity index is 660. The first-order valence-electron chi connectivity index (χ1n) is 8.47. The molecule has 0 radical (unpaired) electrons. The van der Waals surface area contributed by atoms with Gasteiger partial charge in [-0.25, -0.2) is 4.79 Å². The van der Waals surface area contributed by atoms with E-state index in [2.05, 4.69) is 6.07 Å². The summed E-state index contributed by atoms with van der Waals surface area (Å²) in [5, 5.41) is 9.60. The molecule has 1 atom stereocenters. The molecule has 0 spiro atoms. The summed E-state index contributed by atoms with van der Waals surface area (Å²) in [6.45, 7) is 1.56. The molecule has 1 aliphatic rings. The van der Waals surface area contributed by atoms with E-state index in [0.717, 1.165) is 24.2 Å². The summed E-state index contributed by atoms with van der Waals surface area (Å²) < 4.78 is 5.33. The van der Waals surface area contributed by atoms with Crippen molar-refractivity contribution in [1.29, 1.82) is 5.26 Å². The third kappa shape index (κ3) is 4.35. The van der Waals surface area contributed by atoms with Crippen molar-refractivity contribution in [1.82, 2.24) is 4.90 Å². The van der Waals surface area contributed by atoms with Gasteiger partial charge < -0.3 is 9.64 Å². The number of thioether (sulfide) groups is 1. The number of amides is 1. The van der Waals surface area contributed by atoms with Gasteiger partial charge in [0.1, 0.15) is 5.54 Å². The highest BCUT2D eigenvalue weighted by molar-refractivity contribution is 7.98. The maximum absolute atomic E-state index is 12.7. The molecular weight excluding hydrogens is 336 g/mol. The summed E-state index contributed by atoms with van der Waals surface area (Å²) in [7, 11) is 1.63. The number of ether oxygens (including phenoxy) is 1. The number of carbonyl (C=O) groups is 2. The van der Waals surface area contributed by atoms with Crippen LogP contribution in [0.1, 0.15) is 49.4 Å². The van der Waals surface area contributed by atoms with E-state index in [1.54, 1.807) is 37.9 Å². The SMILES string of the molecule is CSc1ccc(C(=O)O[C@@H](C)C(=O)N(C)C2(C#N)CCCCC2)cc1. The molecule has 0 aromatic heterocycles. The lowest BCUT2D eigenvalue weighted by Gasteiger charge is -2.39. The Morgan fingerprint density at radius 2 is 1.84 bits per heavy atom. The Balaban J connectivity index is 2.03. The fourth-order valence-corrected chi connectivity index (χ4v) is 3.56. The number of benzene rings is 1. The van der Waals surface area contributed by atoms with Crippen molar-refractivity contribution < 1.29 is 14.3 Å². The summed E-state index contributed by atoms with van der Waals surface area (Å²) in [4.78, 5) is 27.4. The highest BCUT2D eigenvalue weighted by atomic mass is 32.2. The molecule has 0 saturated heterocycles. The lowest BCUT2D eigenvalue weighted by molar-refractivity contribution is -0.143. The molecule has 134 valence electrons. The number of hydrogen-bond donors (Lipinski definition) is 0. The number of hydrogen-bond acceptors (Lipinski definition) is 5. The van der Waals surface area contributed by atoms with Crippen molar-refractivity contribution in [2.24, 2.45) is 0 Å². The fourth-order valence-electron chi connectivity index (χ4n) is 3.15. The van der Waals surface area contributed by atoms with Gasteiger partial charge in [0, 0.05) is 11.9 Å². The zero-order valence-corrected chi connectivity index (χ0v) is 15.8. The van der Waals surface area contributed by atoms with Crippen molar-refractivity contribution in [3.63, 3.8) is 0 Å². The van der Waals surface area contributed by atoms with Crippen molar-refractivity contribution in [3.8, 4) is 6.07 Å². The van der Waals surface area contributed by atoms with Crippen LogP contribution in [0.5, 0.6) is 0 Å². The van der Waals surface area contributed by atoms with Crippen LogP contribution in [0.15, 0.2) is 29.2 Å². The summed E-state index contributed by atoms with van der Waals surface area (Å²) >= 11 is 1.59. The van der Waals surface area contributed by atoms with E-state index in [9.17, 15) is 14.9 Å². The summed E-state index contributed by atoms with van der Waals surface area (Å²) in [6.07, 6.45) is 5.32. The third-order valence-electron chi connectivity index (χ3n) is 4.82. The average molecular weight is 360 g/mol. The van der Waals surface area contributed by atoms with E-state index in [1.807, 2.05) is 18.4 Å². The van der Waals surface area contributed by atoms with Gasteiger partial charge in [0.25, 0.3) is 5.91 Å². The van der Waals surface area contributed by atoms with Crippen LogP contribution in [0.3, 0.4) is 0 Å². The molecule has 1 amide bonds. The van der Waals surface area contributed by atoms with Crippen LogP contribution in [-0.4, -0.2) is 41.7 Å². The van der Waals surface area contributed by atoms with Crippen LogP contribution in [0.2, 0.25) is 0 Å². The summed E-state index contributed by atoms with van der Waals surface area (Å²) in [6, 6.07) is 9.37. The molecule has 1 aromatic carbocycles. The number of carbonyl (C=O) groups excluding carboxylic acids is 2. The molecule has 5 nitrogen and oxygen atoms in total. The van der Waals surface area contributed by atoms with E-state index in [1.165, 1.54) is 4.90 Å². The van der Waals surface area contributed by atoms with Crippen LogP contribution in [0.25, 0.3) is 0 Å². The maximum atomic E-state index is 12.7. The molecule has 1 saturated carbocycles. The summed E-state index contributed by atoms with van der Waals surface area (Å²) in [5.74, 6) is -0.867. The minimum Gasteiger partial charge on any atom is -0.449 e. The second kappa shape index (κ2) is 8.39. The predicted molar refractivity (Wildman–Crippen MR) is 97.3 cm³/mol. The lowest BCUT2D eigenvalue weighted by atomic mass is 9.81. The monoisotopic (exact) mass is 360 g/mol. The van der Waals surface area contributed by atoms with E-state index in [-0.39, 0.29) is 5.91 Å². The number of rotatable bonds is 5. The number of likely N-dealkylation sites (N-methyl/N-ethyl adjacent to an activating group) is 1. The normalized spacial score (nSPS) is 17.2. The molecule has 2 rings (SSSR count). The first-order chi connectivity index (χ1) is 11.9. The van der Waals surface area contributed by atoms with Gasteiger partial charge in [0.2, 0.25) is 0 Å². The molecule has 1 aromatic rings. The van der Waals surface area contributed by atoms with Gasteiger partial charge in [-0.15, -0.1) is 11.8 Å². The van der Waals surface area contributed by atoms with E-state index in [0.29, 0.717) is 18.4 Å². The number of nitrogens with zero attached hydrogens (tertiary/aromatic N) is 2. The largest absolute Gasteiger partial charge is 0.449 e. The van der Waals surface area contributed by atoms with Crippen molar-refractivity contribution in [3.05, 3.63) is 29.8 Å². The van der Waals surface area contributed by atoms with Gasteiger partial charge in [-0.2, -0.15) is 5.26 Å². The maximum Gasteiger partial charge on any atom is 0.338 e. The predicted octanol–water partition coefficient (Wildman–Crippen LogP) is 3.64. The van der Waals surface area contributed by atoms with E-state index >= 15 is 0 Å². The van der Waals surface area contributed by atoms with Crippen molar-refractivity contribution >= 4 is 23.6 Å². The van der Waals surface area contributed by atoms with Crippen molar-refractivity contribution in [2.75, 3.05) is 13.3 Å². The van der Waals surface area contributed by atoms with E-state index in [4.69, 9.17) is 4.74 Å². The molecule has 1 aliphatic carbocycles. The molecule has 0 heterocycles. The minimum absolute atomic E-state index is 0.336. The quantitative estimate of drug-likeness (QED) is 0.592. The lowest BCUT2D eigenvalue weighted by Crippen LogP contribution is -2.53. The van der Waals surface area contributed by atoms with Crippen LogP contribution >= 0.6 is 11.8 Å². The van der Waals surface area contributed by atoms with Gasteiger partial charge >= 0.3 is 5.97 Å². The van der Waals surface area contributed by atoms with Gasteiger partial charge in [-0.3, -0.25) is 4.79 Å². The summed E-state index contributed by atoms with van der Waals surface area (Å²) in [5.41, 5.74) is -0.372. The van der Waals surface area contributed by atoms with Gasteiger partial charge in [-0.1, -0.05) is 19.3 Å². The Labute approximate surface area is 153 Å². The Kier molecular flexibility index (Phi) is 6.49. The highest BCUT2D eigenvalue weighted by Crippen LogP contribution is 2.33. The van der Waals surface area contributed by atoms with Gasteiger partial charge in [0.15, 0.2) is 6.10 Å². The van der Waals surface area contributed by atoms with Crippen LogP contribution in [0.4, 0.5) is 0 Å². The highest BCUT2D eigenvalue weighted by Gasteiger charge is 2.40. The van der Waals surface area contributed by atoms with E-state index < -0.39 is 17.6 Å². The molecule has 25 heavy (non-hydrogen) atoms. The molecule has 0 bridgehead atoms. The molecule has 6 heteroatoms. The van der Waals surface area contributed by atoms with Gasteiger partial charge in [0.05, 0.1) is 11.6 Å². The second-order valence-electron chi connectivity index (χ2n) is 6.38. The Morgan fingerprint density at radius 1 is 1.24 bits per heavy atom. The topological polar surface area (TPSA) is 70.4 Å². The molecular formula is C19H24N2O3S. The molecule has 0 aliphatic heterocycles. The molecule has 1 fully saturated rings. The first-order valence-corrected chi connectivity index (χ1v) is 9.70. The molecule has 0 N–H and O–H groups in total. The Morgan fingerprint density at radius 3 is 2.36 bits per heavy atom. The van der Waals surface area contributed by atoms with Crippen LogP contribution in [-0.2, 0) is 9.53 Å². The second-order valence-corrected chi connectivity index (χ2v) is 7.26. The minimum atomic E-state index is -0.926. The zero-order chi connectivity index (χ0) is 18.4. The van der Waals surface area contributed by atoms with Crippen LogP contribution < -0.4 is 0 Å². The first kappa shape index (κ1) is 19.3. The molecule has 0 unspecified atom stereocenters. The number of esters is 1. The number of nitriles is 1. The fraction of sp³-hybridized carbons (Fsp3) is 0.526. The zero-order valence-electron chi connectivity index (χ0n) is 14.9.